The van der Waals surface area contributed by atoms with Crippen molar-refractivity contribution in [2.45, 2.75) is 25.3 Å². The first-order chi connectivity index (χ1) is 15.9. The van der Waals surface area contributed by atoms with E-state index in [0.29, 0.717) is 48.8 Å². The van der Waals surface area contributed by atoms with Gasteiger partial charge in [0.05, 0.1) is 37.3 Å². The van der Waals surface area contributed by atoms with Crippen LogP contribution in [0.15, 0.2) is 48.9 Å². The van der Waals surface area contributed by atoms with Gasteiger partial charge >= 0.3 is 5.97 Å². The van der Waals surface area contributed by atoms with E-state index in [1.165, 1.54) is 31.6 Å². The molecule has 1 aromatic carbocycles. The van der Waals surface area contributed by atoms with Gasteiger partial charge in [-0.15, -0.1) is 0 Å². The second kappa shape index (κ2) is 9.62. The van der Waals surface area contributed by atoms with E-state index in [1.807, 2.05) is 4.90 Å². The summed E-state index contributed by atoms with van der Waals surface area (Å²) in [6.45, 7) is 1.60. The minimum Gasteiger partial charge on any atom is -0.465 e. The Labute approximate surface area is 189 Å². The van der Waals surface area contributed by atoms with Gasteiger partial charge in [0.25, 0.3) is 5.92 Å². The third kappa shape index (κ3) is 5.33. The van der Waals surface area contributed by atoms with Crippen LogP contribution in [-0.4, -0.2) is 58.3 Å². The van der Waals surface area contributed by atoms with E-state index in [0.717, 1.165) is 5.56 Å². The molecule has 0 radical (unpaired) electrons. The summed E-state index contributed by atoms with van der Waals surface area (Å²) in [6.07, 6.45) is 4.33. The summed E-state index contributed by atoms with van der Waals surface area (Å²) in [5, 5.41) is 7.69. The molecule has 0 aliphatic carbocycles. The highest BCUT2D eigenvalue weighted by atomic mass is 19.3. The summed E-state index contributed by atoms with van der Waals surface area (Å²) in [6, 6.07) is 7.53. The molecule has 2 aromatic heterocycles. The molecule has 3 heterocycles. The summed E-state index contributed by atoms with van der Waals surface area (Å²) < 4.78 is 47.0. The molecule has 174 valence electrons. The van der Waals surface area contributed by atoms with Gasteiger partial charge < -0.3 is 15.0 Å². The molecule has 4 rings (SSSR count). The van der Waals surface area contributed by atoms with Gasteiger partial charge in [-0.2, -0.15) is 5.10 Å². The van der Waals surface area contributed by atoms with E-state index in [1.54, 1.807) is 29.1 Å². The summed E-state index contributed by atoms with van der Waals surface area (Å²) in [7, 11) is 1.29. The van der Waals surface area contributed by atoms with Crippen LogP contribution in [0.4, 0.5) is 24.7 Å². The van der Waals surface area contributed by atoms with Gasteiger partial charge in [0.15, 0.2) is 0 Å². The lowest BCUT2D eigenvalue weighted by Gasteiger charge is -2.31. The molecule has 3 aromatic rings. The van der Waals surface area contributed by atoms with Gasteiger partial charge in [0, 0.05) is 44.2 Å². The third-order valence-electron chi connectivity index (χ3n) is 5.69. The van der Waals surface area contributed by atoms with Crippen LogP contribution in [-0.2, 0) is 11.3 Å². The number of methoxy groups -OCH3 is 1. The maximum atomic E-state index is 13.5. The maximum absolute atomic E-state index is 13.5. The van der Waals surface area contributed by atoms with Crippen LogP contribution in [0.1, 0.15) is 23.2 Å². The van der Waals surface area contributed by atoms with Gasteiger partial charge in [-0.05, 0) is 23.8 Å². The first-order valence-corrected chi connectivity index (χ1v) is 10.6. The van der Waals surface area contributed by atoms with E-state index in [9.17, 15) is 18.0 Å². The Morgan fingerprint density at radius 1 is 1.12 bits per heavy atom. The van der Waals surface area contributed by atoms with Crippen molar-refractivity contribution in [2.75, 3.05) is 32.1 Å². The standard InChI is InChI=1S/C23H24F3N5O2/c1-33-22(32)18-6-9-27-15-20(18)29-21-19(16-2-4-17(24)5-3-16)14-28-31(21)13-12-30-10-7-23(25,26)8-11-30/h2-6,9,14-15,29H,7-8,10-13H2,1H3. The monoisotopic (exact) mass is 459 g/mol. The van der Waals surface area contributed by atoms with Gasteiger partial charge in [-0.3, -0.25) is 4.98 Å². The van der Waals surface area contributed by atoms with Crippen LogP contribution in [0.2, 0.25) is 0 Å². The highest BCUT2D eigenvalue weighted by Crippen LogP contribution is 2.32. The summed E-state index contributed by atoms with van der Waals surface area (Å²) in [5.41, 5.74) is 2.14. The third-order valence-corrected chi connectivity index (χ3v) is 5.69. The molecule has 0 atom stereocenters. The van der Waals surface area contributed by atoms with Crippen molar-refractivity contribution in [1.29, 1.82) is 0 Å². The van der Waals surface area contributed by atoms with E-state index >= 15 is 0 Å². The highest BCUT2D eigenvalue weighted by molar-refractivity contribution is 5.96. The van der Waals surface area contributed by atoms with Crippen molar-refractivity contribution in [3.8, 4) is 11.1 Å². The number of hydrogen-bond acceptors (Lipinski definition) is 6. The maximum Gasteiger partial charge on any atom is 0.340 e. The molecule has 0 unspecified atom stereocenters. The second-order valence-corrected chi connectivity index (χ2v) is 7.87. The van der Waals surface area contributed by atoms with Crippen molar-refractivity contribution in [3.05, 3.63) is 60.3 Å². The normalized spacial score (nSPS) is 15.9. The minimum absolute atomic E-state index is 0.157. The van der Waals surface area contributed by atoms with Crippen LogP contribution in [0.25, 0.3) is 11.1 Å². The zero-order valence-electron chi connectivity index (χ0n) is 18.1. The number of esters is 1. The number of carbonyl (C=O) groups excluding carboxylic acids is 1. The number of carbonyl (C=O) groups is 1. The fourth-order valence-electron chi connectivity index (χ4n) is 3.78. The average Bonchev–Trinajstić information content (AvgIpc) is 3.21. The van der Waals surface area contributed by atoms with E-state index in [2.05, 4.69) is 15.4 Å². The summed E-state index contributed by atoms with van der Waals surface area (Å²) in [5.74, 6) is -2.91. The quantitative estimate of drug-likeness (QED) is 0.530. The van der Waals surface area contributed by atoms with Crippen molar-refractivity contribution in [3.63, 3.8) is 0 Å². The van der Waals surface area contributed by atoms with E-state index in [-0.39, 0.29) is 18.7 Å². The van der Waals surface area contributed by atoms with Crippen molar-refractivity contribution in [2.24, 2.45) is 0 Å². The molecule has 1 N–H and O–H groups in total. The number of anilines is 2. The molecule has 0 bridgehead atoms. The number of nitrogens with one attached hydrogen (secondary N) is 1. The number of rotatable bonds is 7. The van der Waals surface area contributed by atoms with E-state index < -0.39 is 11.9 Å². The predicted molar refractivity (Wildman–Crippen MR) is 117 cm³/mol. The molecular weight excluding hydrogens is 435 g/mol. The number of hydrogen-bond donors (Lipinski definition) is 1. The zero-order chi connectivity index (χ0) is 23.4. The Hall–Kier alpha value is -3.40. The van der Waals surface area contributed by atoms with Crippen molar-refractivity contribution in [1.82, 2.24) is 19.7 Å². The summed E-state index contributed by atoms with van der Waals surface area (Å²) >= 11 is 0. The number of ether oxygens (including phenoxy) is 1. The van der Waals surface area contributed by atoms with E-state index in [4.69, 9.17) is 4.74 Å². The lowest BCUT2D eigenvalue weighted by atomic mass is 10.1. The molecule has 7 nitrogen and oxygen atoms in total. The molecule has 0 saturated carbocycles. The van der Waals surface area contributed by atoms with Gasteiger partial charge in [-0.25, -0.2) is 22.6 Å². The number of halogens is 3. The molecule has 0 amide bonds. The number of alkyl halides is 2. The van der Waals surface area contributed by atoms with Gasteiger partial charge in [0.2, 0.25) is 0 Å². The minimum atomic E-state index is -2.60. The fourth-order valence-corrected chi connectivity index (χ4v) is 3.78. The summed E-state index contributed by atoms with van der Waals surface area (Å²) in [4.78, 5) is 18.3. The Morgan fingerprint density at radius 2 is 1.85 bits per heavy atom. The second-order valence-electron chi connectivity index (χ2n) is 7.87. The molecule has 1 aliphatic heterocycles. The SMILES string of the molecule is COC(=O)c1ccncc1Nc1c(-c2ccc(F)cc2)cnn1CCN1CCC(F)(F)CC1. The molecule has 0 spiro atoms. The lowest BCUT2D eigenvalue weighted by molar-refractivity contribution is -0.0555. The number of nitrogens with zero attached hydrogens (tertiary/aromatic N) is 4. The van der Waals surface area contributed by atoms with Gasteiger partial charge in [0.1, 0.15) is 11.6 Å². The number of benzene rings is 1. The largest absolute Gasteiger partial charge is 0.465 e. The Kier molecular flexibility index (Phi) is 6.64. The Bertz CT molecular complexity index is 1110. The highest BCUT2D eigenvalue weighted by Gasteiger charge is 2.33. The van der Waals surface area contributed by atoms with Crippen LogP contribution in [0, 0.1) is 5.82 Å². The Balaban J connectivity index is 1.62. The smallest absolute Gasteiger partial charge is 0.340 e. The molecule has 10 heteroatoms. The number of likely N-dealkylation sites (tertiary alicyclic amines) is 1. The zero-order valence-corrected chi connectivity index (χ0v) is 18.1. The first kappa shape index (κ1) is 22.8. The molecule has 1 fully saturated rings. The lowest BCUT2D eigenvalue weighted by Crippen LogP contribution is -2.40. The molecule has 1 saturated heterocycles. The van der Waals surface area contributed by atoms with Crippen LogP contribution in [0.5, 0.6) is 0 Å². The van der Waals surface area contributed by atoms with Gasteiger partial charge in [-0.1, -0.05) is 12.1 Å². The van der Waals surface area contributed by atoms with Crippen LogP contribution >= 0.6 is 0 Å². The number of piperidine rings is 1. The van der Waals surface area contributed by atoms with Crippen LogP contribution < -0.4 is 5.32 Å². The molecule has 33 heavy (non-hydrogen) atoms. The number of pyridine rings is 1. The predicted octanol–water partition coefficient (Wildman–Crippen LogP) is 4.35. The Morgan fingerprint density at radius 3 is 2.55 bits per heavy atom. The van der Waals surface area contributed by atoms with Crippen molar-refractivity contribution < 1.29 is 22.7 Å². The number of aromatic nitrogens is 3. The molecule has 1 aliphatic rings. The molecular formula is C23H24F3N5O2. The fraction of sp³-hybridized carbons (Fsp3) is 0.348. The van der Waals surface area contributed by atoms with Crippen LogP contribution in [0.3, 0.4) is 0 Å². The topological polar surface area (TPSA) is 72.3 Å². The van der Waals surface area contributed by atoms with Crippen molar-refractivity contribution >= 4 is 17.5 Å². The average molecular weight is 459 g/mol. The first-order valence-electron chi connectivity index (χ1n) is 10.6.